The quantitative estimate of drug-likeness (QED) is 0.538. The highest BCUT2D eigenvalue weighted by atomic mass is 79.9. The summed E-state index contributed by atoms with van der Waals surface area (Å²) < 4.78 is 12.5. The lowest BCUT2D eigenvalue weighted by Gasteiger charge is -2.26. The van der Waals surface area contributed by atoms with Gasteiger partial charge in [0.2, 0.25) is 0 Å². The number of nitrogens with zero attached hydrogens (tertiary/aromatic N) is 1. The maximum atomic E-state index is 6.24. The molecule has 1 heterocycles. The van der Waals surface area contributed by atoms with Gasteiger partial charge in [-0.25, -0.2) is 0 Å². The molecule has 1 aliphatic rings. The van der Waals surface area contributed by atoms with Crippen molar-refractivity contribution in [1.82, 2.24) is 4.90 Å². The zero-order chi connectivity index (χ0) is 18.4. The molecule has 0 aromatic heterocycles. The summed E-state index contributed by atoms with van der Waals surface area (Å²) in [4.78, 5) is 2.45. The maximum Gasteiger partial charge on any atom is 0.123 e. The van der Waals surface area contributed by atoms with Gasteiger partial charge in [-0.3, -0.25) is 4.90 Å². The lowest BCUT2D eigenvalue weighted by molar-refractivity contribution is 0.0374. The summed E-state index contributed by atoms with van der Waals surface area (Å²) >= 11 is 15.8. The molecule has 0 saturated carbocycles. The van der Waals surface area contributed by atoms with Gasteiger partial charge in [-0.1, -0.05) is 45.2 Å². The molecule has 3 rings (SSSR count). The summed E-state index contributed by atoms with van der Waals surface area (Å²) in [5.41, 5.74) is 2.14. The molecule has 2 aromatic carbocycles. The number of ether oxygens (including phenoxy) is 2. The molecule has 0 unspecified atom stereocenters. The van der Waals surface area contributed by atoms with E-state index in [0.717, 1.165) is 61.5 Å². The van der Waals surface area contributed by atoms with Crippen LogP contribution in [0.5, 0.6) is 5.75 Å². The third kappa shape index (κ3) is 5.86. The molecule has 0 amide bonds. The second-order valence-corrected chi connectivity index (χ2v) is 8.09. The summed E-state index contributed by atoms with van der Waals surface area (Å²) in [6, 6.07) is 11.6. The molecule has 0 bridgehead atoms. The number of halogens is 3. The van der Waals surface area contributed by atoms with Gasteiger partial charge in [0.15, 0.2) is 0 Å². The Labute approximate surface area is 173 Å². The minimum absolute atomic E-state index is 0.425. The Kier molecular flexibility index (Phi) is 7.64. The summed E-state index contributed by atoms with van der Waals surface area (Å²) in [5, 5.41) is 1.26. The van der Waals surface area contributed by atoms with E-state index in [1.165, 1.54) is 5.56 Å². The fraction of sp³-hybridized carbons (Fsp3) is 0.400. The van der Waals surface area contributed by atoms with Crippen LogP contribution < -0.4 is 4.74 Å². The average molecular weight is 459 g/mol. The van der Waals surface area contributed by atoms with Crippen LogP contribution in [0.1, 0.15) is 17.5 Å². The number of aryl methyl sites for hydroxylation is 1. The summed E-state index contributed by atoms with van der Waals surface area (Å²) in [5.74, 6) is 0.904. The zero-order valence-corrected chi connectivity index (χ0v) is 17.6. The fourth-order valence-corrected chi connectivity index (χ4v) is 3.87. The van der Waals surface area contributed by atoms with E-state index in [9.17, 15) is 0 Å². The lowest BCUT2D eigenvalue weighted by atomic mass is 10.1. The molecule has 0 aliphatic carbocycles. The first-order valence-corrected chi connectivity index (χ1v) is 10.3. The van der Waals surface area contributed by atoms with Crippen LogP contribution in [0.2, 0.25) is 10.0 Å². The van der Waals surface area contributed by atoms with Crippen molar-refractivity contribution in [2.75, 3.05) is 32.8 Å². The van der Waals surface area contributed by atoms with Crippen molar-refractivity contribution < 1.29 is 9.47 Å². The van der Waals surface area contributed by atoms with Crippen LogP contribution in [-0.4, -0.2) is 37.7 Å². The highest BCUT2D eigenvalue weighted by Crippen LogP contribution is 2.27. The first-order chi connectivity index (χ1) is 12.6. The van der Waals surface area contributed by atoms with E-state index < -0.39 is 0 Å². The van der Waals surface area contributed by atoms with Crippen molar-refractivity contribution >= 4 is 39.1 Å². The molecule has 26 heavy (non-hydrogen) atoms. The minimum Gasteiger partial charge on any atom is -0.489 e. The Bertz CT molecular complexity index is 736. The Hall–Kier alpha value is -0.780. The van der Waals surface area contributed by atoms with E-state index in [1.54, 1.807) is 6.07 Å². The van der Waals surface area contributed by atoms with Gasteiger partial charge in [-0.05, 0) is 55.3 Å². The molecule has 1 saturated heterocycles. The van der Waals surface area contributed by atoms with Crippen LogP contribution in [0.4, 0.5) is 0 Å². The van der Waals surface area contributed by atoms with Gasteiger partial charge in [0, 0.05) is 33.2 Å². The normalized spacial score (nSPS) is 15.2. The maximum absolute atomic E-state index is 6.24. The number of hydrogen-bond donors (Lipinski definition) is 0. The molecule has 2 aromatic rings. The van der Waals surface area contributed by atoms with Crippen molar-refractivity contribution in [3.8, 4) is 5.75 Å². The van der Waals surface area contributed by atoms with Gasteiger partial charge in [-0.2, -0.15) is 0 Å². The SMILES string of the molecule is Clc1ccc(COc2ccc(Br)cc2CCCN2CCOCC2)c(Cl)c1. The van der Waals surface area contributed by atoms with Gasteiger partial charge >= 0.3 is 0 Å². The van der Waals surface area contributed by atoms with E-state index in [-0.39, 0.29) is 0 Å². The third-order valence-corrected chi connectivity index (χ3v) is 5.53. The van der Waals surface area contributed by atoms with E-state index in [0.29, 0.717) is 16.7 Å². The monoisotopic (exact) mass is 457 g/mol. The van der Waals surface area contributed by atoms with E-state index >= 15 is 0 Å². The first kappa shape index (κ1) is 20.0. The van der Waals surface area contributed by atoms with Crippen LogP contribution in [-0.2, 0) is 17.8 Å². The van der Waals surface area contributed by atoms with Crippen LogP contribution in [0.15, 0.2) is 40.9 Å². The molecule has 0 spiro atoms. The van der Waals surface area contributed by atoms with E-state index in [4.69, 9.17) is 32.7 Å². The van der Waals surface area contributed by atoms with Crippen molar-refractivity contribution in [1.29, 1.82) is 0 Å². The van der Waals surface area contributed by atoms with Crippen molar-refractivity contribution in [3.05, 3.63) is 62.0 Å². The average Bonchev–Trinajstić information content (AvgIpc) is 2.63. The zero-order valence-electron chi connectivity index (χ0n) is 14.5. The number of morpholine rings is 1. The first-order valence-electron chi connectivity index (χ1n) is 8.77. The molecular formula is C20H22BrCl2NO2. The van der Waals surface area contributed by atoms with E-state index in [2.05, 4.69) is 26.9 Å². The van der Waals surface area contributed by atoms with Crippen molar-refractivity contribution in [3.63, 3.8) is 0 Å². The molecule has 1 fully saturated rings. The van der Waals surface area contributed by atoms with Crippen LogP contribution in [0.3, 0.4) is 0 Å². The Balaban J connectivity index is 1.59. The summed E-state index contributed by atoms with van der Waals surface area (Å²) in [6.07, 6.45) is 2.06. The smallest absolute Gasteiger partial charge is 0.123 e. The fourth-order valence-electron chi connectivity index (χ4n) is 3.00. The highest BCUT2D eigenvalue weighted by Gasteiger charge is 2.11. The molecule has 0 atom stereocenters. The van der Waals surface area contributed by atoms with E-state index in [1.807, 2.05) is 24.3 Å². The lowest BCUT2D eigenvalue weighted by Crippen LogP contribution is -2.36. The number of benzene rings is 2. The van der Waals surface area contributed by atoms with Gasteiger partial charge in [0.05, 0.1) is 13.2 Å². The van der Waals surface area contributed by atoms with Crippen LogP contribution >= 0.6 is 39.1 Å². The number of rotatable bonds is 7. The Morgan fingerprint density at radius 1 is 1.04 bits per heavy atom. The standard InChI is InChI=1S/C20H22BrCl2NO2/c21-17-4-6-20(26-14-16-3-5-18(22)13-19(16)23)15(12-17)2-1-7-24-8-10-25-11-9-24/h3-6,12-13H,1-2,7-11,14H2. The minimum atomic E-state index is 0.425. The summed E-state index contributed by atoms with van der Waals surface area (Å²) in [7, 11) is 0. The second-order valence-electron chi connectivity index (χ2n) is 6.33. The molecular weight excluding hydrogens is 437 g/mol. The second kappa shape index (κ2) is 9.95. The highest BCUT2D eigenvalue weighted by molar-refractivity contribution is 9.10. The molecule has 3 nitrogen and oxygen atoms in total. The topological polar surface area (TPSA) is 21.7 Å². The number of hydrogen-bond acceptors (Lipinski definition) is 3. The molecule has 0 radical (unpaired) electrons. The van der Waals surface area contributed by atoms with Crippen molar-refractivity contribution in [2.45, 2.75) is 19.4 Å². The predicted molar refractivity (Wildman–Crippen MR) is 111 cm³/mol. The van der Waals surface area contributed by atoms with Gasteiger partial charge in [0.1, 0.15) is 12.4 Å². The summed E-state index contributed by atoms with van der Waals surface area (Å²) in [6.45, 7) is 5.24. The van der Waals surface area contributed by atoms with Crippen molar-refractivity contribution in [2.24, 2.45) is 0 Å². The van der Waals surface area contributed by atoms with Gasteiger partial charge in [-0.15, -0.1) is 0 Å². The van der Waals surface area contributed by atoms with Gasteiger partial charge in [0.25, 0.3) is 0 Å². The molecule has 140 valence electrons. The molecule has 0 N–H and O–H groups in total. The van der Waals surface area contributed by atoms with Crippen LogP contribution in [0, 0.1) is 0 Å². The largest absolute Gasteiger partial charge is 0.489 e. The molecule has 1 aliphatic heterocycles. The van der Waals surface area contributed by atoms with Gasteiger partial charge < -0.3 is 9.47 Å². The predicted octanol–water partition coefficient (Wildman–Crippen LogP) is 5.60. The Morgan fingerprint density at radius 3 is 2.62 bits per heavy atom. The third-order valence-electron chi connectivity index (χ3n) is 4.44. The molecule has 6 heteroatoms. The Morgan fingerprint density at radius 2 is 1.85 bits per heavy atom. The van der Waals surface area contributed by atoms with Crippen LogP contribution in [0.25, 0.3) is 0 Å².